The molecule has 0 aromatic heterocycles. The van der Waals surface area contributed by atoms with Crippen molar-refractivity contribution in [3.8, 4) is 12.3 Å². The summed E-state index contributed by atoms with van der Waals surface area (Å²) in [5.41, 5.74) is 0. The number of carbonyl (C=O) groups is 1. The van der Waals surface area contributed by atoms with Crippen LogP contribution in [0.1, 0.15) is 32.6 Å². The molecule has 0 radical (unpaired) electrons. The van der Waals surface area contributed by atoms with E-state index >= 15 is 0 Å². The third-order valence-electron chi connectivity index (χ3n) is 2.31. The first-order valence-corrected chi connectivity index (χ1v) is 5.25. The van der Waals surface area contributed by atoms with Crippen molar-refractivity contribution in [2.45, 2.75) is 44.7 Å². The van der Waals surface area contributed by atoms with E-state index in [9.17, 15) is 4.79 Å². The van der Waals surface area contributed by atoms with Crippen molar-refractivity contribution >= 4 is 5.91 Å². The third kappa shape index (κ3) is 4.29. The van der Waals surface area contributed by atoms with Crippen LogP contribution in [0.2, 0.25) is 0 Å². The van der Waals surface area contributed by atoms with Crippen LogP contribution in [0.3, 0.4) is 0 Å². The van der Waals surface area contributed by atoms with E-state index in [-0.39, 0.29) is 11.9 Å². The Labute approximate surface area is 85.6 Å². The van der Waals surface area contributed by atoms with Crippen LogP contribution in [0.15, 0.2) is 0 Å². The monoisotopic (exact) mass is 194 g/mol. The average molecular weight is 194 g/mol. The maximum atomic E-state index is 11.3. The van der Waals surface area contributed by atoms with E-state index < -0.39 is 0 Å². The first-order chi connectivity index (χ1) is 6.76. The van der Waals surface area contributed by atoms with E-state index in [0.717, 1.165) is 13.0 Å². The van der Waals surface area contributed by atoms with Crippen molar-refractivity contribution in [1.82, 2.24) is 10.6 Å². The summed E-state index contributed by atoms with van der Waals surface area (Å²) in [5, 5.41) is 6.08. The molecule has 3 nitrogen and oxygen atoms in total. The Balaban J connectivity index is 2.05. The highest BCUT2D eigenvalue weighted by molar-refractivity contribution is 5.76. The van der Waals surface area contributed by atoms with E-state index in [1.54, 1.807) is 0 Å². The number of amides is 1. The molecule has 1 atom stereocenters. The topological polar surface area (TPSA) is 41.1 Å². The first-order valence-electron chi connectivity index (χ1n) is 5.25. The maximum absolute atomic E-state index is 11.3. The molecule has 0 bridgehead atoms. The van der Waals surface area contributed by atoms with Gasteiger partial charge in [0.05, 0.1) is 6.04 Å². The van der Waals surface area contributed by atoms with Crippen molar-refractivity contribution in [2.24, 2.45) is 0 Å². The highest BCUT2D eigenvalue weighted by Gasteiger charge is 2.20. The number of hydrogen-bond donors (Lipinski definition) is 2. The molecule has 3 heteroatoms. The zero-order valence-electron chi connectivity index (χ0n) is 8.68. The lowest BCUT2D eigenvalue weighted by Gasteiger charge is -2.10. The zero-order chi connectivity index (χ0) is 10.4. The second kappa shape index (κ2) is 5.66. The minimum Gasteiger partial charge on any atom is -0.342 e. The van der Waals surface area contributed by atoms with Crippen LogP contribution in [0, 0.1) is 12.3 Å². The summed E-state index contributed by atoms with van der Waals surface area (Å²) in [5.74, 6) is 2.59. The Hall–Kier alpha value is -1.01. The van der Waals surface area contributed by atoms with Crippen LogP contribution in [-0.4, -0.2) is 24.5 Å². The van der Waals surface area contributed by atoms with Gasteiger partial charge in [-0.05, 0) is 19.3 Å². The minimum atomic E-state index is -0.108. The van der Waals surface area contributed by atoms with Crippen molar-refractivity contribution in [1.29, 1.82) is 0 Å². The molecule has 2 N–H and O–H groups in total. The SMILES string of the molecule is C#CC(CC)NC(=O)CCNC1CC1. The van der Waals surface area contributed by atoms with Gasteiger partial charge in [-0.15, -0.1) is 6.42 Å². The summed E-state index contributed by atoms with van der Waals surface area (Å²) in [6, 6.07) is 0.556. The maximum Gasteiger partial charge on any atom is 0.222 e. The van der Waals surface area contributed by atoms with Gasteiger partial charge >= 0.3 is 0 Å². The number of carbonyl (C=O) groups excluding carboxylic acids is 1. The van der Waals surface area contributed by atoms with E-state index in [2.05, 4.69) is 16.6 Å². The van der Waals surface area contributed by atoms with Crippen molar-refractivity contribution in [2.75, 3.05) is 6.54 Å². The molecule has 0 saturated heterocycles. The van der Waals surface area contributed by atoms with Crippen LogP contribution in [0.4, 0.5) is 0 Å². The predicted octanol–water partition coefficient (Wildman–Crippen LogP) is 0.656. The molecule has 1 rings (SSSR count). The standard InChI is InChI=1S/C11H18N2O/c1-3-9(4-2)13-11(14)7-8-12-10-5-6-10/h1,9-10,12H,4-8H2,2H3,(H,13,14). The van der Waals surface area contributed by atoms with Crippen molar-refractivity contribution < 1.29 is 4.79 Å². The van der Waals surface area contributed by atoms with E-state index in [1.807, 2.05) is 6.92 Å². The van der Waals surface area contributed by atoms with Gasteiger partial charge in [-0.1, -0.05) is 12.8 Å². The lowest BCUT2D eigenvalue weighted by molar-refractivity contribution is -0.121. The minimum absolute atomic E-state index is 0.0444. The smallest absolute Gasteiger partial charge is 0.222 e. The van der Waals surface area contributed by atoms with Crippen molar-refractivity contribution in [3.63, 3.8) is 0 Å². The van der Waals surface area contributed by atoms with Crippen LogP contribution in [-0.2, 0) is 4.79 Å². The Morgan fingerprint density at radius 2 is 2.36 bits per heavy atom. The Morgan fingerprint density at radius 1 is 1.64 bits per heavy atom. The van der Waals surface area contributed by atoms with Gasteiger partial charge in [-0.2, -0.15) is 0 Å². The highest BCUT2D eigenvalue weighted by Crippen LogP contribution is 2.18. The predicted molar refractivity (Wildman–Crippen MR) is 56.7 cm³/mol. The summed E-state index contributed by atoms with van der Waals surface area (Å²) >= 11 is 0. The second-order valence-electron chi connectivity index (χ2n) is 3.67. The third-order valence-corrected chi connectivity index (χ3v) is 2.31. The van der Waals surface area contributed by atoms with Gasteiger partial charge < -0.3 is 10.6 Å². The molecular weight excluding hydrogens is 176 g/mol. The summed E-state index contributed by atoms with van der Waals surface area (Å²) in [7, 11) is 0. The van der Waals surface area contributed by atoms with Gasteiger partial charge in [-0.25, -0.2) is 0 Å². The number of nitrogens with one attached hydrogen (secondary N) is 2. The molecule has 78 valence electrons. The van der Waals surface area contributed by atoms with E-state index in [0.29, 0.717) is 12.5 Å². The molecule has 0 spiro atoms. The molecule has 1 unspecified atom stereocenters. The molecule has 0 aromatic carbocycles. The Morgan fingerprint density at radius 3 is 2.86 bits per heavy atom. The van der Waals surface area contributed by atoms with Crippen LogP contribution in [0.25, 0.3) is 0 Å². The second-order valence-corrected chi connectivity index (χ2v) is 3.67. The number of hydrogen-bond acceptors (Lipinski definition) is 2. The normalized spacial score (nSPS) is 17.1. The molecule has 0 aromatic rings. The van der Waals surface area contributed by atoms with Gasteiger partial charge in [0, 0.05) is 19.0 Å². The summed E-state index contributed by atoms with van der Waals surface area (Å²) in [6.07, 6.45) is 9.06. The molecule has 0 aliphatic heterocycles. The summed E-state index contributed by atoms with van der Waals surface area (Å²) in [4.78, 5) is 11.3. The summed E-state index contributed by atoms with van der Waals surface area (Å²) in [6.45, 7) is 2.73. The van der Waals surface area contributed by atoms with Crippen LogP contribution >= 0.6 is 0 Å². The molecular formula is C11H18N2O. The highest BCUT2D eigenvalue weighted by atomic mass is 16.1. The quantitative estimate of drug-likeness (QED) is 0.610. The fourth-order valence-corrected chi connectivity index (χ4v) is 1.21. The molecule has 1 amide bonds. The zero-order valence-corrected chi connectivity index (χ0v) is 8.68. The van der Waals surface area contributed by atoms with Gasteiger partial charge in [0.15, 0.2) is 0 Å². The van der Waals surface area contributed by atoms with E-state index in [1.165, 1.54) is 12.8 Å². The van der Waals surface area contributed by atoms with Crippen LogP contribution in [0.5, 0.6) is 0 Å². The molecule has 1 fully saturated rings. The molecule has 1 aliphatic rings. The lowest BCUT2D eigenvalue weighted by Crippen LogP contribution is -2.35. The number of rotatable bonds is 6. The molecule has 0 heterocycles. The lowest BCUT2D eigenvalue weighted by atomic mass is 10.2. The Kier molecular flexibility index (Phi) is 4.48. The number of terminal acetylenes is 1. The largest absolute Gasteiger partial charge is 0.342 e. The van der Waals surface area contributed by atoms with Crippen LogP contribution < -0.4 is 10.6 Å². The van der Waals surface area contributed by atoms with Crippen molar-refractivity contribution in [3.05, 3.63) is 0 Å². The van der Waals surface area contributed by atoms with Gasteiger partial charge in [0.2, 0.25) is 5.91 Å². The fourth-order valence-electron chi connectivity index (χ4n) is 1.21. The fraction of sp³-hybridized carbons (Fsp3) is 0.727. The van der Waals surface area contributed by atoms with Gasteiger partial charge in [0.25, 0.3) is 0 Å². The van der Waals surface area contributed by atoms with E-state index in [4.69, 9.17) is 6.42 Å². The Bertz CT molecular complexity index is 228. The average Bonchev–Trinajstić information content (AvgIpc) is 2.98. The first kappa shape index (κ1) is 11.1. The molecule has 1 aliphatic carbocycles. The molecule has 1 saturated carbocycles. The van der Waals surface area contributed by atoms with Gasteiger partial charge in [-0.3, -0.25) is 4.79 Å². The van der Waals surface area contributed by atoms with Gasteiger partial charge in [0.1, 0.15) is 0 Å². The summed E-state index contributed by atoms with van der Waals surface area (Å²) < 4.78 is 0. The molecule has 14 heavy (non-hydrogen) atoms.